The number of aliphatic hydroxyl groups excluding tert-OH is 1. The molecule has 1 aliphatic rings. The van der Waals surface area contributed by atoms with Gasteiger partial charge in [0.1, 0.15) is 0 Å². The zero-order valence-electron chi connectivity index (χ0n) is 11.7. The number of aliphatic hydroxyl groups is 1. The van der Waals surface area contributed by atoms with Crippen LogP contribution in [-0.4, -0.2) is 34.0 Å². The lowest BCUT2D eigenvalue weighted by Gasteiger charge is -2.13. The van der Waals surface area contributed by atoms with E-state index in [1.807, 2.05) is 6.07 Å². The summed E-state index contributed by atoms with van der Waals surface area (Å²) in [5.41, 5.74) is 1.89. The minimum Gasteiger partial charge on any atom is -0.394 e. The fourth-order valence-electron chi connectivity index (χ4n) is 2.34. The topological polar surface area (TPSA) is 76.4 Å². The normalized spacial score (nSPS) is 15.5. The van der Waals surface area contributed by atoms with E-state index in [-0.39, 0.29) is 12.5 Å². The lowest BCUT2D eigenvalue weighted by atomic mass is 10.1. The zero-order chi connectivity index (χ0) is 14.8. The van der Waals surface area contributed by atoms with E-state index in [0.717, 1.165) is 17.5 Å². The Hall–Kier alpha value is -1.70. The molecule has 112 valence electrons. The Morgan fingerprint density at radius 2 is 2.52 bits per heavy atom. The van der Waals surface area contributed by atoms with Gasteiger partial charge in [0.2, 0.25) is 0 Å². The Labute approximate surface area is 126 Å². The van der Waals surface area contributed by atoms with Gasteiger partial charge in [-0.05, 0) is 11.6 Å². The quantitative estimate of drug-likeness (QED) is 0.884. The average Bonchev–Trinajstić information content (AvgIpc) is 3.10. The molecule has 1 aliphatic heterocycles. The first-order chi connectivity index (χ1) is 10.2. The number of hydrogen-bond acceptors (Lipinski definition) is 5. The van der Waals surface area contributed by atoms with Crippen molar-refractivity contribution in [1.29, 1.82) is 0 Å². The molecule has 0 saturated carbocycles. The summed E-state index contributed by atoms with van der Waals surface area (Å²) in [6.07, 6.45) is 4.29. The number of nitrogens with zero attached hydrogens (tertiary/aromatic N) is 2. The summed E-state index contributed by atoms with van der Waals surface area (Å²) < 4.78 is 7.03. The largest absolute Gasteiger partial charge is 0.394 e. The number of carbonyl (C=O) groups is 1. The Kier molecular flexibility index (Phi) is 4.05. The van der Waals surface area contributed by atoms with Crippen molar-refractivity contribution in [1.82, 2.24) is 15.1 Å². The van der Waals surface area contributed by atoms with Crippen LogP contribution in [0.2, 0.25) is 0 Å². The third-order valence-electron chi connectivity index (χ3n) is 3.47. The van der Waals surface area contributed by atoms with Gasteiger partial charge in [0.15, 0.2) is 0 Å². The molecule has 2 N–H and O–H groups in total. The van der Waals surface area contributed by atoms with E-state index in [1.54, 1.807) is 24.1 Å². The molecule has 6 nitrogen and oxygen atoms in total. The molecule has 0 bridgehead atoms. The number of rotatable bonds is 4. The summed E-state index contributed by atoms with van der Waals surface area (Å²) in [4.78, 5) is 14.2. The minimum absolute atomic E-state index is 0.161. The van der Waals surface area contributed by atoms with Crippen LogP contribution in [0.4, 0.5) is 0 Å². The highest BCUT2D eigenvalue weighted by Crippen LogP contribution is 2.27. The first kappa shape index (κ1) is 14.2. The van der Waals surface area contributed by atoms with E-state index < -0.39 is 6.04 Å². The van der Waals surface area contributed by atoms with E-state index in [1.165, 1.54) is 16.2 Å². The molecule has 2 aromatic heterocycles. The predicted molar refractivity (Wildman–Crippen MR) is 78.2 cm³/mol. The number of nitrogens with one attached hydrogen (secondary N) is 1. The lowest BCUT2D eigenvalue weighted by molar-refractivity contribution is 0.0920. The molecular formula is C14H17N3O3S. The van der Waals surface area contributed by atoms with Crippen molar-refractivity contribution in [2.45, 2.75) is 19.1 Å². The fourth-order valence-corrected chi connectivity index (χ4v) is 3.40. The van der Waals surface area contributed by atoms with Crippen LogP contribution in [0.15, 0.2) is 18.5 Å². The Balaban J connectivity index is 1.74. The number of aromatic nitrogens is 2. The van der Waals surface area contributed by atoms with Crippen LogP contribution in [0.1, 0.15) is 31.7 Å². The number of fused-ring (bicyclic) bond motifs is 1. The van der Waals surface area contributed by atoms with E-state index >= 15 is 0 Å². The van der Waals surface area contributed by atoms with E-state index in [9.17, 15) is 9.90 Å². The molecule has 1 unspecified atom stereocenters. The van der Waals surface area contributed by atoms with Crippen LogP contribution in [0.25, 0.3) is 0 Å². The van der Waals surface area contributed by atoms with Crippen molar-refractivity contribution >= 4 is 17.2 Å². The molecule has 2 aromatic rings. The molecule has 0 saturated heterocycles. The lowest BCUT2D eigenvalue weighted by Crippen LogP contribution is -2.30. The molecule has 1 amide bonds. The second kappa shape index (κ2) is 5.97. The first-order valence-electron chi connectivity index (χ1n) is 6.77. The van der Waals surface area contributed by atoms with Gasteiger partial charge in [-0.2, -0.15) is 5.10 Å². The summed E-state index contributed by atoms with van der Waals surface area (Å²) in [5.74, 6) is -0.169. The maximum absolute atomic E-state index is 12.3. The third kappa shape index (κ3) is 2.99. The molecule has 0 aromatic carbocycles. The van der Waals surface area contributed by atoms with Gasteiger partial charge in [0, 0.05) is 30.1 Å². The Bertz CT molecular complexity index is 626. The summed E-state index contributed by atoms with van der Waals surface area (Å²) in [6, 6.07) is 1.44. The van der Waals surface area contributed by atoms with Crippen LogP contribution in [0.3, 0.4) is 0 Å². The molecule has 0 aliphatic carbocycles. The van der Waals surface area contributed by atoms with Gasteiger partial charge >= 0.3 is 0 Å². The van der Waals surface area contributed by atoms with Crippen molar-refractivity contribution in [2.75, 3.05) is 13.2 Å². The molecule has 3 heterocycles. The molecule has 0 radical (unpaired) electrons. The van der Waals surface area contributed by atoms with Gasteiger partial charge in [0.05, 0.1) is 36.9 Å². The highest BCUT2D eigenvalue weighted by atomic mass is 32.1. The van der Waals surface area contributed by atoms with Crippen LogP contribution >= 0.6 is 11.3 Å². The molecule has 0 spiro atoms. The van der Waals surface area contributed by atoms with Gasteiger partial charge in [-0.3, -0.25) is 9.48 Å². The summed E-state index contributed by atoms with van der Waals surface area (Å²) >= 11 is 1.50. The van der Waals surface area contributed by atoms with Crippen molar-refractivity contribution < 1.29 is 14.6 Å². The molecule has 0 fully saturated rings. The van der Waals surface area contributed by atoms with E-state index in [2.05, 4.69) is 10.4 Å². The Morgan fingerprint density at radius 1 is 1.67 bits per heavy atom. The van der Waals surface area contributed by atoms with Crippen molar-refractivity contribution in [3.05, 3.63) is 39.3 Å². The highest BCUT2D eigenvalue weighted by Gasteiger charge is 2.21. The second-order valence-electron chi connectivity index (χ2n) is 5.02. The number of hydrogen-bond donors (Lipinski definition) is 2. The minimum atomic E-state index is -0.443. The smallest absolute Gasteiger partial charge is 0.261 e. The highest BCUT2D eigenvalue weighted by molar-refractivity contribution is 7.14. The van der Waals surface area contributed by atoms with Crippen LogP contribution in [-0.2, 0) is 24.8 Å². The summed E-state index contributed by atoms with van der Waals surface area (Å²) in [7, 11) is 1.80. The average molecular weight is 307 g/mol. The maximum atomic E-state index is 12.3. The number of ether oxygens (including phenoxy) is 1. The molecule has 7 heteroatoms. The number of carbonyl (C=O) groups excluding carboxylic acids is 1. The monoisotopic (exact) mass is 307 g/mol. The fraction of sp³-hybridized carbons (Fsp3) is 0.429. The standard InChI is InChI=1S/C14H17N3O3S/c1-17-6-10(5-15-17)11(7-18)16-14(19)13-4-9-8-20-3-2-12(9)21-13/h4-6,11,18H,2-3,7-8H2,1H3,(H,16,19). The summed E-state index contributed by atoms with van der Waals surface area (Å²) in [6.45, 7) is 1.13. The van der Waals surface area contributed by atoms with E-state index in [0.29, 0.717) is 18.1 Å². The first-order valence-corrected chi connectivity index (χ1v) is 7.58. The second-order valence-corrected chi connectivity index (χ2v) is 6.15. The summed E-state index contributed by atoms with van der Waals surface area (Å²) in [5, 5.41) is 16.4. The SMILES string of the molecule is Cn1cc(C(CO)NC(=O)c2cc3c(s2)CCOC3)cn1. The molecule has 3 rings (SSSR count). The van der Waals surface area contributed by atoms with Gasteiger partial charge in [0.25, 0.3) is 5.91 Å². The number of thiophene rings is 1. The molecular weight excluding hydrogens is 290 g/mol. The number of amides is 1. The Morgan fingerprint density at radius 3 is 3.19 bits per heavy atom. The van der Waals surface area contributed by atoms with Gasteiger partial charge < -0.3 is 15.2 Å². The van der Waals surface area contributed by atoms with Crippen molar-refractivity contribution in [2.24, 2.45) is 7.05 Å². The third-order valence-corrected chi connectivity index (χ3v) is 4.70. The van der Waals surface area contributed by atoms with Crippen LogP contribution in [0, 0.1) is 0 Å². The predicted octanol–water partition coefficient (Wildman–Crippen LogP) is 1.02. The van der Waals surface area contributed by atoms with Crippen LogP contribution in [0.5, 0.6) is 0 Å². The van der Waals surface area contributed by atoms with Crippen molar-refractivity contribution in [3.8, 4) is 0 Å². The van der Waals surface area contributed by atoms with Gasteiger partial charge in [-0.15, -0.1) is 11.3 Å². The van der Waals surface area contributed by atoms with E-state index in [4.69, 9.17) is 4.74 Å². The maximum Gasteiger partial charge on any atom is 0.261 e. The van der Waals surface area contributed by atoms with Gasteiger partial charge in [-0.1, -0.05) is 0 Å². The van der Waals surface area contributed by atoms with Crippen LogP contribution < -0.4 is 5.32 Å². The zero-order valence-corrected chi connectivity index (χ0v) is 12.5. The van der Waals surface area contributed by atoms with Gasteiger partial charge in [-0.25, -0.2) is 0 Å². The number of aryl methyl sites for hydroxylation is 1. The molecule has 21 heavy (non-hydrogen) atoms. The molecule has 1 atom stereocenters. The van der Waals surface area contributed by atoms with Crippen molar-refractivity contribution in [3.63, 3.8) is 0 Å².